The predicted molar refractivity (Wildman–Crippen MR) is 133 cm³/mol. The van der Waals surface area contributed by atoms with E-state index in [9.17, 15) is 18.4 Å². The van der Waals surface area contributed by atoms with Crippen LogP contribution in [-0.2, 0) is 9.53 Å². The molecule has 0 unspecified atom stereocenters. The molecule has 194 valence electrons. The van der Waals surface area contributed by atoms with Crippen molar-refractivity contribution in [3.63, 3.8) is 0 Å². The van der Waals surface area contributed by atoms with Gasteiger partial charge in [0, 0.05) is 31.0 Å². The number of alkyl halides is 2. The van der Waals surface area contributed by atoms with Crippen molar-refractivity contribution >= 4 is 23.5 Å². The van der Waals surface area contributed by atoms with Crippen molar-refractivity contribution in [1.82, 2.24) is 10.2 Å². The van der Waals surface area contributed by atoms with Gasteiger partial charge >= 0.3 is 5.97 Å². The van der Waals surface area contributed by atoms with Gasteiger partial charge in [-0.05, 0) is 62.1 Å². The Kier molecular flexibility index (Phi) is 7.85. The van der Waals surface area contributed by atoms with Gasteiger partial charge in [-0.25, -0.2) is 13.6 Å². The number of methoxy groups -OCH3 is 1. The molecule has 2 aromatic carbocycles. The fourth-order valence-electron chi connectivity index (χ4n) is 5.10. The first-order chi connectivity index (χ1) is 17.1. The molecule has 1 saturated carbocycles. The zero-order chi connectivity index (χ0) is 25.9. The number of ether oxygens (including phenoxy) is 2. The fraction of sp³-hybridized carbons (Fsp3) is 0.481. The molecule has 36 heavy (non-hydrogen) atoms. The SMILES string of the molecule is COC(=O)c1ccc([C@H](C)NC(=O)C2(N3CC[C@@H](Oc4cccc(Cl)c4)C3)CCC(F)(F)CC2)cc1. The Hall–Kier alpha value is -2.71. The highest BCUT2D eigenvalue weighted by molar-refractivity contribution is 6.30. The lowest BCUT2D eigenvalue weighted by Crippen LogP contribution is -2.61. The molecule has 9 heteroatoms. The lowest BCUT2D eigenvalue weighted by molar-refractivity contribution is -0.143. The number of amides is 1. The second-order valence-electron chi connectivity index (χ2n) is 9.63. The summed E-state index contributed by atoms with van der Waals surface area (Å²) in [6, 6.07) is 13.5. The van der Waals surface area contributed by atoms with Crippen LogP contribution in [0.4, 0.5) is 8.78 Å². The van der Waals surface area contributed by atoms with Gasteiger partial charge in [-0.2, -0.15) is 0 Å². The number of likely N-dealkylation sites (tertiary alicyclic amines) is 1. The van der Waals surface area contributed by atoms with Crippen molar-refractivity contribution in [2.75, 3.05) is 20.2 Å². The maximum absolute atomic E-state index is 14.1. The number of benzene rings is 2. The molecule has 1 amide bonds. The highest BCUT2D eigenvalue weighted by Gasteiger charge is 2.53. The molecule has 0 aromatic heterocycles. The Bertz CT molecular complexity index is 1090. The van der Waals surface area contributed by atoms with Gasteiger partial charge in [-0.3, -0.25) is 9.69 Å². The molecule has 2 aromatic rings. The summed E-state index contributed by atoms with van der Waals surface area (Å²) in [5.74, 6) is -2.82. The topological polar surface area (TPSA) is 67.9 Å². The monoisotopic (exact) mass is 520 g/mol. The first-order valence-corrected chi connectivity index (χ1v) is 12.5. The Morgan fingerprint density at radius 2 is 1.81 bits per heavy atom. The van der Waals surface area contributed by atoms with E-state index in [2.05, 4.69) is 5.32 Å². The van der Waals surface area contributed by atoms with E-state index in [0.717, 1.165) is 5.56 Å². The molecule has 1 aliphatic carbocycles. The van der Waals surface area contributed by atoms with Crippen molar-refractivity contribution in [2.24, 2.45) is 0 Å². The molecule has 4 rings (SSSR count). The van der Waals surface area contributed by atoms with Crippen molar-refractivity contribution in [3.05, 3.63) is 64.7 Å². The van der Waals surface area contributed by atoms with Gasteiger partial charge in [0.2, 0.25) is 11.8 Å². The summed E-state index contributed by atoms with van der Waals surface area (Å²) < 4.78 is 39.1. The third kappa shape index (κ3) is 5.81. The Balaban J connectivity index is 1.48. The number of esters is 1. The molecular weight excluding hydrogens is 490 g/mol. The van der Waals surface area contributed by atoms with Gasteiger partial charge in [0.25, 0.3) is 0 Å². The largest absolute Gasteiger partial charge is 0.489 e. The van der Waals surface area contributed by atoms with E-state index in [4.69, 9.17) is 21.1 Å². The van der Waals surface area contributed by atoms with Crippen LogP contribution in [-0.4, -0.2) is 54.5 Å². The molecule has 0 radical (unpaired) electrons. The second kappa shape index (κ2) is 10.7. The van der Waals surface area contributed by atoms with Crippen LogP contribution in [0.15, 0.2) is 48.5 Å². The molecular formula is C27H31ClF2N2O4. The van der Waals surface area contributed by atoms with E-state index in [1.807, 2.05) is 24.0 Å². The van der Waals surface area contributed by atoms with Gasteiger partial charge in [0.1, 0.15) is 17.4 Å². The van der Waals surface area contributed by atoms with E-state index in [1.165, 1.54) is 7.11 Å². The summed E-state index contributed by atoms with van der Waals surface area (Å²) >= 11 is 6.06. The van der Waals surface area contributed by atoms with E-state index in [-0.39, 0.29) is 43.7 Å². The molecule has 1 saturated heterocycles. The number of hydrogen-bond donors (Lipinski definition) is 1. The molecule has 0 bridgehead atoms. The third-order valence-corrected chi connectivity index (χ3v) is 7.49. The first-order valence-electron chi connectivity index (χ1n) is 12.2. The molecule has 2 fully saturated rings. The zero-order valence-corrected chi connectivity index (χ0v) is 21.2. The normalized spacial score (nSPS) is 22.0. The van der Waals surface area contributed by atoms with Crippen LogP contribution >= 0.6 is 11.6 Å². The summed E-state index contributed by atoms with van der Waals surface area (Å²) in [5.41, 5.74) is 0.179. The van der Waals surface area contributed by atoms with Crippen LogP contribution in [0.2, 0.25) is 5.02 Å². The molecule has 1 aliphatic heterocycles. The quantitative estimate of drug-likeness (QED) is 0.495. The van der Waals surface area contributed by atoms with Gasteiger partial charge < -0.3 is 14.8 Å². The van der Waals surface area contributed by atoms with Gasteiger partial charge in [-0.1, -0.05) is 29.8 Å². The van der Waals surface area contributed by atoms with Crippen LogP contribution in [0, 0.1) is 0 Å². The minimum Gasteiger partial charge on any atom is -0.489 e. The number of rotatable bonds is 7. The van der Waals surface area contributed by atoms with Crippen LogP contribution < -0.4 is 10.1 Å². The van der Waals surface area contributed by atoms with Crippen LogP contribution in [0.5, 0.6) is 5.75 Å². The highest BCUT2D eigenvalue weighted by atomic mass is 35.5. The van der Waals surface area contributed by atoms with Crippen molar-refractivity contribution in [1.29, 1.82) is 0 Å². The summed E-state index contributed by atoms with van der Waals surface area (Å²) in [7, 11) is 1.31. The Morgan fingerprint density at radius 3 is 2.44 bits per heavy atom. The number of carbonyl (C=O) groups is 2. The average Bonchev–Trinajstić information content (AvgIpc) is 3.32. The van der Waals surface area contributed by atoms with Gasteiger partial charge in [0.15, 0.2) is 0 Å². The van der Waals surface area contributed by atoms with E-state index in [1.54, 1.807) is 36.4 Å². The van der Waals surface area contributed by atoms with E-state index in [0.29, 0.717) is 35.8 Å². The van der Waals surface area contributed by atoms with Gasteiger partial charge in [-0.15, -0.1) is 0 Å². The maximum atomic E-state index is 14.1. The fourth-order valence-corrected chi connectivity index (χ4v) is 5.28. The molecule has 2 aliphatic rings. The standard InChI is InChI=1S/C27H31ClF2N2O4/c1-18(19-6-8-20(9-7-19)24(33)35-2)31-25(34)26(11-13-27(29,30)14-12-26)32-15-10-23(17-32)36-22-5-3-4-21(28)16-22/h3-9,16,18,23H,10-15,17H2,1-2H3,(H,31,34)/t18-,23+/m0/s1. The number of halogens is 3. The zero-order valence-electron chi connectivity index (χ0n) is 20.4. The summed E-state index contributed by atoms with van der Waals surface area (Å²) in [6.07, 6.45) is -0.00720. The summed E-state index contributed by atoms with van der Waals surface area (Å²) in [6.45, 7) is 2.88. The minimum atomic E-state index is -2.77. The average molecular weight is 521 g/mol. The molecule has 2 atom stereocenters. The number of hydrogen-bond acceptors (Lipinski definition) is 5. The van der Waals surface area contributed by atoms with E-state index >= 15 is 0 Å². The molecule has 1 heterocycles. The van der Waals surface area contributed by atoms with Crippen LogP contribution in [0.3, 0.4) is 0 Å². The van der Waals surface area contributed by atoms with Crippen molar-refractivity contribution in [2.45, 2.75) is 62.6 Å². The Labute approximate surface area is 214 Å². The lowest BCUT2D eigenvalue weighted by atomic mass is 9.77. The molecule has 0 spiro atoms. The lowest BCUT2D eigenvalue weighted by Gasteiger charge is -2.45. The molecule has 1 N–H and O–H groups in total. The number of nitrogens with zero attached hydrogens (tertiary/aromatic N) is 1. The van der Waals surface area contributed by atoms with Crippen molar-refractivity contribution < 1.29 is 27.8 Å². The first kappa shape index (κ1) is 26.4. The van der Waals surface area contributed by atoms with Crippen LogP contribution in [0.25, 0.3) is 0 Å². The van der Waals surface area contributed by atoms with Crippen LogP contribution in [0.1, 0.15) is 61.0 Å². The van der Waals surface area contributed by atoms with Crippen molar-refractivity contribution in [3.8, 4) is 5.75 Å². The summed E-state index contributed by atoms with van der Waals surface area (Å²) in [5, 5.41) is 3.62. The Morgan fingerprint density at radius 1 is 1.11 bits per heavy atom. The smallest absolute Gasteiger partial charge is 0.337 e. The van der Waals surface area contributed by atoms with E-state index < -0.39 is 17.4 Å². The molecule has 6 nitrogen and oxygen atoms in total. The predicted octanol–water partition coefficient (Wildman–Crippen LogP) is 5.41. The summed E-state index contributed by atoms with van der Waals surface area (Å²) in [4.78, 5) is 27.4. The third-order valence-electron chi connectivity index (χ3n) is 7.26. The second-order valence-corrected chi connectivity index (χ2v) is 10.1. The minimum absolute atomic E-state index is 0.0731. The number of nitrogens with one attached hydrogen (secondary N) is 1. The van der Waals surface area contributed by atoms with Gasteiger partial charge in [0.05, 0.1) is 18.7 Å². The maximum Gasteiger partial charge on any atom is 0.337 e. The highest BCUT2D eigenvalue weighted by Crippen LogP contribution is 2.43. The number of carbonyl (C=O) groups excluding carboxylic acids is 2.